The van der Waals surface area contributed by atoms with Gasteiger partial charge in [0, 0.05) is 0 Å². The van der Waals surface area contributed by atoms with E-state index in [4.69, 9.17) is 33.8 Å². The van der Waals surface area contributed by atoms with Crippen LogP contribution in [0.4, 0.5) is 0 Å². The Kier molecular flexibility index (Phi) is 21.0. The molecule has 0 amide bonds. The minimum absolute atomic E-state index is 0. The number of ether oxygens (including phenoxy) is 1. The quantitative estimate of drug-likeness (QED) is 0.0642. The largest absolute Gasteiger partial charge is 2.00 e. The zero-order chi connectivity index (χ0) is 23.5. The molecule has 0 atom stereocenters. The third kappa shape index (κ3) is 18.5. The van der Waals surface area contributed by atoms with E-state index in [1.54, 1.807) is 0 Å². The van der Waals surface area contributed by atoms with Crippen LogP contribution in [-0.4, -0.2) is 12.2 Å². The zero-order valence-corrected chi connectivity index (χ0v) is 26.6. The van der Waals surface area contributed by atoms with Crippen molar-refractivity contribution in [3.63, 3.8) is 0 Å². The van der Waals surface area contributed by atoms with Crippen LogP contribution < -0.4 is 4.74 Å². The molecule has 0 aromatic heterocycles. The first kappa shape index (κ1) is 33.5. The molecule has 0 saturated heterocycles. The van der Waals surface area contributed by atoms with Crippen molar-refractivity contribution in [2.45, 2.75) is 122 Å². The monoisotopic (exact) mass is 564 g/mol. The van der Waals surface area contributed by atoms with Gasteiger partial charge in [0.15, 0.2) is 0 Å². The van der Waals surface area contributed by atoms with Crippen LogP contribution in [0, 0.1) is 0 Å². The van der Waals surface area contributed by atoms with Gasteiger partial charge in [-0.3, -0.25) is 0 Å². The van der Waals surface area contributed by atoms with Crippen molar-refractivity contribution >= 4 is 30.3 Å². The average molecular weight is 566 g/mol. The van der Waals surface area contributed by atoms with E-state index in [0.717, 1.165) is 44.3 Å². The van der Waals surface area contributed by atoms with Crippen molar-refractivity contribution in [3.05, 3.63) is 30.3 Å². The zero-order valence-electron chi connectivity index (χ0n) is 21.1. The van der Waals surface area contributed by atoms with Gasteiger partial charge in [0.1, 0.15) is 18.0 Å². The Morgan fingerprint density at radius 1 is 0.727 bits per heavy atom. The molecular weight excluding hydrogens is 521 g/mol. The van der Waals surface area contributed by atoms with Crippen LogP contribution >= 0.6 is 5.77 Å². The molecular formula is C26H45O3PS2Zn. The van der Waals surface area contributed by atoms with Gasteiger partial charge in [-0.2, -0.15) is 0 Å². The van der Waals surface area contributed by atoms with E-state index in [1.165, 1.54) is 64.2 Å². The molecule has 0 saturated carbocycles. The van der Waals surface area contributed by atoms with Crippen LogP contribution in [0.1, 0.15) is 117 Å². The first-order valence-corrected chi connectivity index (χ1v) is 16.5. The summed E-state index contributed by atoms with van der Waals surface area (Å²) < 4.78 is 24.5. The Morgan fingerprint density at radius 3 is 1.58 bits per heavy atom. The van der Waals surface area contributed by atoms with Gasteiger partial charge in [0.05, 0.1) is 0 Å². The van der Waals surface area contributed by atoms with E-state index in [1.807, 2.05) is 30.3 Å². The summed E-state index contributed by atoms with van der Waals surface area (Å²) in [5.41, 5.74) is -0.665. The summed E-state index contributed by atoms with van der Waals surface area (Å²) in [5.74, 6) is -2.67. The average Bonchev–Trinajstić information content (AvgIpc) is 2.76. The fraction of sp³-hybridized carbons (Fsp3) is 0.769. The van der Waals surface area contributed by atoms with Crippen molar-refractivity contribution in [1.29, 1.82) is 0 Å². The molecule has 0 radical (unpaired) electrons. The van der Waals surface area contributed by atoms with Gasteiger partial charge < -0.3 is 38.3 Å². The van der Waals surface area contributed by atoms with Crippen molar-refractivity contribution in [3.8, 4) is 5.75 Å². The molecule has 33 heavy (non-hydrogen) atoms. The van der Waals surface area contributed by atoms with E-state index >= 15 is 0 Å². The molecule has 0 aliphatic rings. The predicted molar refractivity (Wildman–Crippen MR) is 143 cm³/mol. The third-order valence-corrected chi connectivity index (χ3v) is 7.08. The van der Waals surface area contributed by atoms with E-state index < -0.39 is 11.4 Å². The number of para-hydroxylation sites is 1. The molecule has 0 spiro atoms. The SMILES string of the molecule is CCCCCCCCCC(CCCCCCCCC)(COc1ccccc1)OP(=O)([S-])[S-].[Zn+2]. The third-order valence-electron chi connectivity index (χ3n) is 6.02. The normalized spacial score (nSPS) is 11.9. The Labute approximate surface area is 227 Å². The van der Waals surface area contributed by atoms with Gasteiger partial charge in [-0.05, 0) is 30.7 Å². The van der Waals surface area contributed by atoms with Crippen molar-refractivity contribution in [2.75, 3.05) is 6.61 Å². The molecule has 0 aliphatic carbocycles. The summed E-state index contributed by atoms with van der Waals surface area (Å²) in [5, 5.41) is 0. The molecule has 1 rings (SSSR count). The number of rotatable bonds is 21. The topological polar surface area (TPSA) is 35.5 Å². The van der Waals surface area contributed by atoms with E-state index in [0.29, 0.717) is 6.61 Å². The van der Waals surface area contributed by atoms with Crippen LogP contribution in [0.5, 0.6) is 5.75 Å². The second kappa shape index (κ2) is 20.7. The van der Waals surface area contributed by atoms with E-state index in [-0.39, 0.29) is 19.5 Å². The Hall–Kier alpha value is 0.533. The fourth-order valence-electron chi connectivity index (χ4n) is 4.16. The van der Waals surface area contributed by atoms with Gasteiger partial charge in [-0.25, -0.2) is 0 Å². The smallest absolute Gasteiger partial charge is 0.714 e. The number of hydrogen-bond acceptors (Lipinski definition) is 5. The second-order valence-electron chi connectivity index (χ2n) is 9.07. The van der Waals surface area contributed by atoms with Crippen molar-refractivity contribution in [2.24, 2.45) is 0 Å². The van der Waals surface area contributed by atoms with E-state index in [9.17, 15) is 4.57 Å². The van der Waals surface area contributed by atoms with Crippen molar-refractivity contribution < 1.29 is 33.3 Å². The molecule has 0 unspecified atom stereocenters. The standard InChI is InChI=1S/C26H47O3PS2.Zn/c1-3-5-7-9-11-13-18-22-26(29-30(27,31)32,23-19-14-12-10-8-6-4-2)24-28-25-20-16-15-17-21-25;/h15-17,20-21H,3-14,18-19,22-24H2,1-2H3,(H2,27,31,32);/q;+2/p-2. The van der Waals surface area contributed by atoms with Gasteiger partial charge in [-0.1, -0.05) is 122 Å². The Morgan fingerprint density at radius 2 is 1.15 bits per heavy atom. The molecule has 1 aromatic rings. The summed E-state index contributed by atoms with van der Waals surface area (Å²) in [6.45, 7) is 4.83. The van der Waals surface area contributed by atoms with Crippen LogP contribution in [0.2, 0.25) is 0 Å². The summed E-state index contributed by atoms with van der Waals surface area (Å²) in [7, 11) is 0. The van der Waals surface area contributed by atoms with Gasteiger partial charge in [0.2, 0.25) is 0 Å². The molecule has 1 aromatic carbocycles. The van der Waals surface area contributed by atoms with Crippen LogP contribution in [0.25, 0.3) is 0 Å². The minimum Gasteiger partial charge on any atom is -0.714 e. The number of hydrogen-bond donors (Lipinski definition) is 0. The summed E-state index contributed by atoms with van der Waals surface area (Å²) >= 11 is 10.1. The first-order chi connectivity index (χ1) is 15.4. The van der Waals surface area contributed by atoms with Gasteiger partial charge in [-0.15, -0.1) is 0 Å². The predicted octanol–water partition coefficient (Wildman–Crippen LogP) is 9.30. The van der Waals surface area contributed by atoms with Gasteiger partial charge >= 0.3 is 19.5 Å². The molecule has 3 nitrogen and oxygen atoms in total. The second-order valence-corrected chi connectivity index (χ2v) is 13.7. The van der Waals surface area contributed by atoms with Gasteiger partial charge in [0.25, 0.3) is 0 Å². The van der Waals surface area contributed by atoms with Crippen molar-refractivity contribution in [1.82, 2.24) is 0 Å². The van der Waals surface area contributed by atoms with Crippen LogP contribution in [0.15, 0.2) is 30.3 Å². The Balaban J connectivity index is 0.0000102. The molecule has 0 bridgehead atoms. The number of unbranched alkanes of at least 4 members (excludes halogenated alkanes) is 12. The molecule has 0 heterocycles. The minimum atomic E-state index is -3.46. The maximum absolute atomic E-state index is 12.4. The molecule has 0 fully saturated rings. The van der Waals surface area contributed by atoms with E-state index in [2.05, 4.69) is 13.8 Å². The van der Waals surface area contributed by atoms with Crippen LogP contribution in [0.3, 0.4) is 0 Å². The fourth-order valence-corrected chi connectivity index (χ4v) is 5.82. The number of benzene rings is 1. The summed E-state index contributed by atoms with van der Waals surface area (Å²) in [6.07, 6.45) is 18.7. The molecule has 7 heteroatoms. The molecule has 0 N–H and O–H groups in total. The molecule has 0 aliphatic heterocycles. The molecule has 186 valence electrons. The summed E-state index contributed by atoms with van der Waals surface area (Å²) in [4.78, 5) is 0. The summed E-state index contributed by atoms with van der Waals surface area (Å²) in [6, 6.07) is 9.75. The maximum atomic E-state index is 12.4. The van der Waals surface area contributed by atoms with Crippen LogP contribution in [-0.2, 0) is 53.1 Å². The Bertz CT molecular complexity index is 595. The first-order valence-electron chi connectivity index (χ1n) is 12.8. The maximum Gasteiger partial charge on any atom is 2.00 e.